The molecule has 0 heterocycles. The molecule has 0 saturated carbocycles. The molecule has 9 heteroatoms. The van der Waals surface area contributed by atoms with Crippen molar-refractivity contribution < 1.29 is 26.7 Å². The van der Waals surface area contributed by atoms with Gasteiger partial charge < -0.3 is 10.4 Å². The largest absolute Gasteiger partial charge is 0.416 e. The van der Waals surface area contributed by atoms with Gasteiger partial charge in [-0.05, 0) is 31.3 Å². The molecule has 1 aromatic carbocycles. The van der Waals surface area contributed by atoms with E-state index in [0.29, 0.717) is 0 Å². The summed E-state index contributed by atoms with van der Waals surface area (Å²) in [5.74, 6) is 0. The van der Waals surface area contributed by atoms with Crippen molar-refractivity contribution in [3.63, 3.8) is 0 Å². The van der Waals surface area contributed by atoms with Crippen LogP contribution in [0.3, 0.4) is 0 Å². The van der Waals surface area contributed by atoms with Crippen molar-refractivity contribution in [3.8, 4) is 0 Å². The number of aliphatic hydroxyl groups is 1. The third-order valence-electron chi connectivity index (χ3n) is 2.31. The molecule has 5 nitrogen and oxygen atoms in total. The second kappa shape index (κ2) is 5.76. The SMILES string of the molecule is CNS(=O)(=O)c1ccc(NCC(O)C(F)(F)F)cc1. The second-order valence-corrected chi connectivity index (χ2v) is 5.56. The Morgan fingerprint density at radius 2 is 1.79 bits per heavy atom. The first-order valence-corrected chi connectivity index (χ1v) is 6.67. The average Bonchev–Trinajstić information content (AvgIpc) is 2.35. The molecule has 0 radical (unpaired) electrons. The molecule has 0 aromatic heterocycles. The molecular formula is C10H13F3N2O3S. The summed E-state index contributed by atoms with van der Waals surface area (Å²) in [6, 6.07) is 5.11. The Hall–Kier alpha value is -1.32. The first-order valence-electron chi connectivity index (χ1n) is 5.19. The van der Waals surface area contributed by atoms with E-state index in [-0.39, 0.29) is 10.6 Å². The van der Waals surface area contributed by atoms with Crippen molar-refractivity contribution >= 4 is 15.7 Å². The monoisotopic (exact) mass is 298 g/mol. The highest BCUT2D eigenvalue weighted by Crippen LogP contribution is 2.21. The number of alkyl halides is 3. The van der Waals surface area contributed by atoms with Gasteiger partial charge in [-0.2, -0.15) is 13.2 Å². The van der Waals surface area contributed by atoms with Crippen LogP contribution in [0.25, 0.3) is 0 Å². The van der Waals surface area contributed by atoms with Crippen molar-refractivity contribution in [2.24, 2.45) is 0 Å². The fourth-order valence-electron chi connectivity index (χ4n) is 1.20. The van der Waals surface area contributed by atoms with Gasteiger partial charge in [0.15, 0.2) is 6.10 Å². The van der Waals surface area contributed by atoms with E-state index in [1.807, 2.05) is 0 Å². The number of anilines is 1. The van der Waals surface area contributed by atoms with Crippen LogP contribution in [0.4, 0.5) is 18.9 Å². The summed E-state index contributed by atoms with van der Waals surface area (Å²) in [6.07, 6.45) is -7.17. The zero-order valence-electron chi connectivity index (χ0n) is 9.90. The normalized spacial score (nSPS) is 14.2. The van der Waals surface area contributed by atoms with E-state index in [1.54, 1.807) is 0 Å². The molecule has 1 unspecified atom stereocenters. The Balaban J connectivity index is 2.69. The minimum absolute atomic E-state index is 0.00285. The van der Waals surface area contributed by atoms with Crippen LogP contribution >= 0.6 is 0 Å². The number of benzene rings is 1. The number of halogens is 3. The smallest absolute Gasteiger partial charge is 0.382 e. The van der Waals surface area contributed by atoms with Gasteiger partial charge in [0.25, 0.3) is 0 Å². The van der Waals surface area contributed by atoms with Crippen LogP contribution in [-0.4, -0.2) is 39.4 Å². The fraction of sp³-hybridized carbons (Fsp3) is 0.400. The molecule has 0 saturated heterocycles. The Kier molecular flexibility index (Phi) is 4.77. The van der Waals surface area contributed by atoms with E-state index < -0.39 is 28.8 Å². The highest BCUT2D eigenvalue weighted by atomic mass is 32.2. The van der Waals surface area contributed by atoms with Gasteiger partial charge in [0.2, 0.25) is 10.0 Å². The van der Waals surface area contributed by atoms with Crippen LogP contribution in [0.1, 0.15) is 0 Å². The highest BCUT2D eigenvalue weighted by molar-refractivity contribution is 7.89. The van der Waals surface area contributed by atoms with Gasteiger partial charge in [-0.1, -0.05) is 0 Å². The zero-order chi connectivity index (χ0) is 14.7. The van der Waals surface area contributed by atoms with Crippen LogP contribution in [0.5, 0.6) is 0 Å². The third-order valence-corrected chi connectivity index (χ3v) is 3.74. The lowest BCUT2D eigenvalue weighted by Crippen LogP contribution is -2.35. The van der Waals surface area contributed by atoms with Crippen LogP contribution in [0.15, 0.2) is 29.2 Å². The fourth-order valence-corrected chi connectivity index (χ4v) is 1.93. The molecule has 0 aliphatic heterocycles. The summed E-state index contributed by atoms with van der Waals surface area (Å²) >= 11 is 0. The van der Waals surface area contributed by atoms with Crippen molar-refractivity contribution in [2.75, 3.05) is 18.9 Å². The van der Waals surface area contributed by atoms with Gasteiger partial charge in [0.05, 0.1) is 4.90 Å². The molecule has 0 amide bonds. The molecule has 1 rings (SSSR count). The predicted molar refractivity (Wildman–Crippen MR) is 63.2 cm³/mol. The molecule has 1 atom stereocenters. The van der Waals surface area contributed by atoms with E-state index in [1.165, 1.54) is 31.3 Å². The van der Waals surface area contributed by atoms with Crippen molar-refractivity contribution in [1.82, 2.24) is 4.72 Å². The summed E-state index contributed by atoms with van der Waals surface area (Å²) in [6.45, 7) is -0.707. The van der Waals surface area contributed by atoms with E-state index in [0.717, 1.165) is 0 Å². The summed E-state index contributed by atoms with van der Waals surface area (Å²) in [4.78, 5) is -0.00285. The molecule has 0 fully saturated rings. The third kappa shape index (κ3) is 4.37. The van der Waals surface area contributed by atoms with E-state index in [9.17, 15) is 21.6 Å². The number of nitrogens with one attached hydrogen (secondary N) is 2. The molecular weight excluding hydrogens is 285 g/mol. The molecule has 19 heavy (non-hydrogen) atoms. The highest BCUT2D eigenvalue weighted by Gasteiger charge is 2.37. The minimum Gasteiger partial charge on any atom is -0.382 e. The maximum absolute atomic E-state index is 12.0. The van der Waals surface area contributed by atoms with Crippen LogP contribution < -0.4 is 10.0 Å². The van der Waals surface area contributed by atoms with Crippen LogP contribution in [-0.2, 0) is 10.0 Å². The second-order valence-electron chi connectivity index (χ2n) is 3.67. The summed E-state index contributed by atoms with van der Waals surface area (Å²) in [5, 5.41) is 11.1. The lowest BCUT2D eigenvalue weighted by atomic mass is 10.3. The number of rotatable bonds is 5. The molecule has 0 bridgehead atoms. The van der Waals surface area contributed by atoms with Gasteiger partial charge >= 0.3 is 6.18 Å². The first kappa shape index (κ1) is 15.7. The summed E-state index contributed by atoms with van der Waals surface area (Å²) < 4.78 is 61.0. The van der Waals surface area contributed by atoms with Gasteiger partial charge in [0, 0.05) is 12.2 Å². The van der Waals surface area contributed by atoms with Gasteiger partial charge in [-0.25, -0.2) is 13.1 Å². The van der Waals surface area contributed by atoms with Crippen molar-refractivity contribution in [2.45, 2.75) is 17.2 Å². The van der Waals surface area contributed by atoms with E-state index >= 15 is 0 Å². The maximum Gasteiger partial charge on any atom is 0.416 e. The Labute approximate surface area is 108 Å². The molecule has 0 aliphatic carbocycles. The summed E-state index contributed by atoms with van der Waals surface area (Å²) in [7, 11) is -2.33. The Morgan fingerprint density at radius 3 is 2.21 bits per heavy atom. The lowest BCUT2D eigenvalue weighted by Gasteiger charge is -2.15. The maximum atomic E-state index is 12.0. The molecule has 0 aliphatic rings. The molecule has 3 N–H and O–H groups in total. The topological polar surface area (TPSA) is 78.4 Å². The Morgan fingerprint density at radius 1 is 1.26 bits per heavy atom. The van der Waals surface area contributed by atoms with Gasteiger partial charge in [0.1, 0.15) is 0 Å². The van der Waals surface area contributed by atoms with Crippen molar-refractivity contribution in [3.05, 3.63) is 24.3 Å². The van der Waals surface area contributed by atoms with Crippen LogP contribution in [0.2, 0.25) is 0 Å². The first-order chi connectivity index (χ1) is 8.66. The average molecular weight is 298 g/mol. The van der Waals surface area contributed by atoms with E-state index in [4.69, 9.17) is 5.11 Å². The van der Waals surface area contributed by atoms with Gasteiger partial charge in [-0.15, -0.1) is 0 Å². The molecule has 108 valence electrons. The number of hydrogen-bond acceptors (Lipinski definition) is 4. The van der Waals surface area contributed by atoms with Gasteiger partial charge in [-0.3, -0.25) is 0 Å². The lowest BCUT2D eigenvalue weighted by molar-refractivity contribution is -0.198. The van der Waals surface area contributed by atoms with Crippen LogP contribution in [0, 0.1) is 0 Å². The molecule has 0 spiro atoms. The van der Waals surface area contributed by atoms with E-state index in [2.05, 4.69) is 10.0 Å². The zero-order valence-corrected chi connectivity index (χ0v) is 10.7. The number of aliphatic hydroxyl groups excluding tert-OH is 1. The van der Waals surface area contributed by atoms with Crippen molar-refractivity contribution in [1.29, 1.82) is 0 Å². The molecule has 1 aromatic rings. The number of hydrogen-bond donors (Lipinski definition) is 3. The minimum atomic E-state index is -4.69. The number of sulfonamides is 1. The Bertz CT molecular complexity index is 514. The standard InChI is InChI=1S/C10H13F3N2O3S/c1-14-19(17,18)8-4-2-7(3-5-8)15-6-9(16)10(11,12)13/h2-5,9,14-16H,6H2,1H3. The quantitative estimate of drug-likeness (QED) is 0.755. The summed E-state index contributed by atoms with van der Waals surface area (Å²) in [5.41, 5.74) is 0.276. The predicted octanol–water partition coefficient (Wildman–Crippen LogP) is 0.930.